The monoisotopic (exact) mass is 450 g/mol. The maximum absolute atomic E-state index is 13.1. The Hall–Kier alpha value is -3.30. The second-order valence-electron chi connectivity index (χ2n) is 6.69. The van der Waals surface area contributed by atoms with Gasteiger partial charge >= 0.3 is 0 Å². The summed E-state index contributed by atoms with van der Waals surface area (Å²) in [5.74, 6) is 0.810. The highest BCUT2D eigenvalue weighted by atomic mass is 32.2. The van der Waals surface area contributed by atoms with Gasteiger partial charge in [-0.05, 0) is 47.8 Å². The van der Waals surface area contributed by atoms with E-state index in [1.165, 1.54) is 23.9 Å². The Labute approximate surface area is 184 Å². The van der Waals surface area contributed by atoms with Gasteiger partial charge in [-0.15, -0.1) is 11.3 Å². The van der Waals surface area contributed by atoms with Crippen LogP contribution in [0.4, 0.5) is 4.39 Å². The van der Waals surface area contributed by atoms with Crippen LogP contribution in [-0.4, -0.2) is 19.7 Å². The Morgan fingerprint density at radius 2 is 1.87 bits per heavy atom. The zero-order valence-corrected chi connectivity index (χ0v) is 17.7. The number of aromatic nitrogens is 4. The number of halogens is 1. The quantitative estimate of drug-likeness (QED) is 0.268. The summed E-state index contributed by atoms with van der Waals surface area (Å²) >= 11 is 2.95. The van der Waals surface area contributed by atoms with Crippen LogP contribution < -0.4 is 5.56 Å². The number of thioether (sulfide) groups is 1. The van der Waals surface area contributed by atoms with E-state index < -0.39 is 0 Å². The van der Waals surface area contributed by atoms with Crippen molar-refractivity contribution in [3.63, 3.8) is 0 Å². The van der Waals surface area contributed by atoms with E-state index in [1.807, 2.05) is 35.7 Å². The lowest BCUT2D eigenvalue weighted by molar-refractivity contribution is 0.391. The number of thiophene rings is 1. The van der Waals surface area contributed by atoms with Crippen molar-refractivity contribution in [3.8, 4) is 11.4 Å². The first kappa shape index (κ1) is 19.7. The Morgan fingerprint density at radius 1 is 1.03 bits per heavy atom. The van der Waals surface area contributed by atoms with E-state index in [0.29, 0.717) is 45.6 Å². The molecule has 0 unspecified atom stereocenters. The van der Waals surface area contributed by atoms with Crippen LogP contribution in [-0.2, 0) is 12.3 Å². The van der Waals surface area contributed by atoms with Crippen molar-refractivity contribution in [2.45, 2.75) is 17.5 Å². The van der Waals surface area contributed by atoms with Gasteiger partial charge in [-0.2, -0.15) is 4.98 Å². The summed E-state index contributed by atoms with van der Waals surface area (Å²) in [5, 5.41) is 7.12. The predicted octanol–water partition coefficient (Wildman–Crippen LogP) is 4.99. The van der Waals surface area contributed by atoms with Crippen LogP contribution >= 0.6 is 23.1 Å². The molecule has 0 aliphatic rings. The third kappa shape index (κ3) is 4.14. The molecular formula is C22H15FN4O2S2. The summed E-state index contributed by atoms with van der Waals surface area (Å²) in [6.45, 7) is 0.446. The molecule has 0 saturated carbocycles. The van der Waals surface area contributed by atoms with Crippen LogP contribution in [0.2, 0.25) is 0 Å². The van der Waals surface area contributed by atoms with Gasteiger partial charge < -0.3 is 4.52 Å². The van der Waals surface area contributed by atoms with Gasteiger partial charge in [-0.1, -0.05) is 35.1 Å². The average Bonchev–Trinajstić information content (AvgIpc) is 3.47. The van der Waals surface area contributed by atoms with Gasteiger partial charge in [0.25, 0.3) is 5.56 Å². The second kappa shape index (κ2) is 8.44. The maximum Gasteiger partial charge on any atom is 0.262 e. The molecule has 0 aliphatic heterocycles. The van der Waals surface area contributed by atoms with Crippen LogP contribution in [0.5, 0.6) is 0 Å². The minimum absolute atomic E-state index is 0.0842. The normalized spacial score (nSPS) is 11.3. The van der Waals surface area contributed by atoms with E-state index in [1.54, 1.807) is 34.1 Å². The first-order chi connectivity index (χ1) is 15.2. The van der Waals surface area contributed by atoms with Crippen LogP contribution in [0.15, 0.2) is 80.5 Å². The molecule has 31 heavy (non-hydrogen) atoms. The topological polar surface area (TPSA) is 73.8 Å². The molecular weight excluding hydrogens is 435 g/mol. The van der Waals surface area contributed by atoms with Gasteiger partial charge in [0.15, 0.2) is 5.16 Å². The van der Waals surface area contributed by atoms with E-state index >= 15 is 0 Å². The fourth-order valence-corrected chi connectivity index (χ4v) is 4.64. The molecule has 0 saturated heterocycles. The maximum atomic E-state index is 13.1. The predicted molar refractivity (Wildman–Crippen MR) is 119 cm³/mol. The Balaban J connectivity index is 1.44. The number of fused-ring (bicyclic) bond motifs is 1. The molecule has 5 rings (SSSR count). The van der Waals surface area contributed by atoms with E-state index in [9.17, 15) is 9.18 Å². The highest BCUT2D eigenvalue weighted by Gasteiger charge is 2.15. The van der Waals surface area contributed by atoms with E-state index in [2.05, 4.69) is 10.1 Å². The molecule has 9 heteroatoms. The number of rotatable bonds is 6. The fourth-order valence-electron chi connectivity index (χ4n) is 3.11. The summed E-state index contributed by atoms with van der Waals surface area (Å²) in [5.41, 5.74) is 1.23. The van der Waals surface area contributed by atoms with Crippen LogP contribution in [0.3, 0.4) is 0 Å². The minimum atomic E-state index is -0.325. The molecule has 0 fully saturated rings. The SMILES string of the molecule is O=c1c2ccccc2nc(SCc2nc(-c3ccc(F)cc3)no2)n1Cc1cccs1. The second-order valence-corrected chi connectivity index (χ2v) is 8.66. The van der Waals surface area contributed by atoms with Crippen molar-refractivity contribution >= 4 is 34.0 Å². The molecule has 154 valence electrons. The van der Waals surface area contributed by atoms with Crippen molar-refractivity contribution in [2.24, 2.45) is 0 Å². The lowest BCUT2D eigenvalue weighted by Gasteiger charge is -2.11. The molecule has 0 bridgehead atoms. The largest absolute Gasteiger partial charge is 0.338 e. The van der Waals surface area contributed by atoms with Crippen molar-refractivity contribution in [1.29, 1.82) is 0 Å². The summed E-state index contributed by atoms with van der Waals surface area (Å²) in [6, 6.07) is 17.2. The summed E-state index contributed by atoms with van der Waals surface area (Å²) in [4.78, 5) is 23.3. The van der Waals surface area contributed by atoms with Crippen molar-refractivity contribution in [3.05, 3.63) is 93.0 Å². The molecule has 3 aromatic heterocycles. The minimum Gasteiger partial charge on any atom is -0.338 e. The molecule has 0 amide bonds. The molecule has 0 spiro atoms. The number of benzene rings is 2. The van der Waals surface area contributed by atoms with Crippen LogP contribution in [0.1, 0.15) is 10.8 Å². The number of hydrogen-bond acceptors (Lipinski definition) is 7. The molecule has 5 aromatic rings. The molecule has 0 atom stereocenters. The number of hydrogen-bond donors (Lipinski definition) is 0. The molecule has 6 nitrogen and oxygen atoms in total. The first-order valence-electron chi connectivity index (χ1n) is 9.41. The first-order valence-corrected chi connectivity index (χ1v) is 11.3. The van der Waals surface area contributed by atoms with Gasteiger partial charge in [0.2, 0.25) is 11.7 Å². The Kier molecular flexibility index (Phi) is 5.35. The Bertz CT molecular complexity index is 1400. The molecule has 0 aliphatic carbocycles. The van der Waals surface area contributed by atoms with Gasteiger partial charge in [-0.25, -0.2) is 9.37 Å². The molecule has 0 radical (unpaired) electrons. The third-order valence-electron chi connectivity index (χ3n) is 4.62. The molecule has 2 aromatic carbocycles. The smallest absolute Gasteiger partial charge is 0.262 e. The van der Waals surface area contributed by atoms with Gasteiger partial charge in [0.05, 0.1) is 23.2 Å². The summed E-state index contributed by atoms with van der Waals surface area (Å²) in [7, 11) is 0. The van der Waals surface area contributed by atoms with Crippen LogP contribution in [0, 0.1) is 5.82 Å². The summed E-state index contributed by atoms with van der Waals surface area (Å²) in [6.07, 6.45) is 0. The van der Waals surface area contributed by atoms with Crippen molar-refractivity contribution < 1.29 is 8.91 Å². The highest BCUT2D eigenvalue weighted by molar-refractivity contribution is 7.98. The molecule has 0 N–H and O–H groups in total. The fraction of sp³-hybridized carbons (Fsp3) is 0.0909. The standard InChI is InChI=1S/C22H15FN4O2S2/c23-15-9-7-14(8-10-15)20-25-19(29-26-20)13-31-22-24-18-6-2-1-5-17(18)21(28)27(22)12-16-4-3-11-30-16/h1-11H,12-13H2. The molecule has 3 heterocycles. The zero-order valence-electron chi connectivity index (χ0n) is 16.1. The Morgan fingerprint density at radius 3 is 2.68 bits per heavy atom. The van der Waals surface area contributed by atoms with E-state index in [4.69, 9.17) is 9.51 Å². The van der Waals surface area contributed by atoms with Gasteiger partial charge in [0, 0.05) is 10.4 Å². The average molecular weight is 451 g/mol. The van der Waals surface area contributed by atoms with Crippen LogP contribution in [0.25, 0.3) is 22.3 Å². The van der Waals surface area contributed by atoms with Gasteiger partial charge in [-0.3, -0.25) is 9.36 Å². The van der Waals surface area contributed by atoms with E-state index in [0.717, 1.165) is 4.88 Å². The van der Waals surface area contributed by atoms with Crippen molar-refractivity contribution in [2.75, 3.05) is 0 Å². The highest BCUT2D eigenvalue weighted by Crippen LogP contribution is 2.24. The summed E-state index contributed by atoms with van der Waals surface area (Å²) < 4.78 is 20.2. The van der Waals surface area contributed by atoms with E-state index in [-0.39, 0.29) is 11.4 Å². The number of nitrogens with zero attached hydrogens (tertiary/aromatic N) is 4. The number of para-hydroxylation sites is 1. The van der Waals surface area contributed by atoms with Gasteiger partial charge in [0.1, 0.15) is 5.82 Å². The van der Waals surface area contributed by atoms with Crippen molar-refractivity contribution in [1.82, 2.24) is 19.7 Å². The lowest BCUT2D eigenvalue weighted by Crippen LogP contribution is -2.23. The zero-order chi connectivity index (χ0) is 21.2. The lowest BCUT2D eigenvalue weighted by atomic mass is 10.2. The third-order valence-corrected chi connectivity index (χ3v) is 6.44.